The minimum Gasteiger partial charge on any atom is -0.347 e. The molecule has 1 aromatic heterocycles. The Morgan fingerprint density at radius 3 is 2.75 bits per heavy atom. The van der Waals surface area contributed by atoms with E-state index in [0.717, 1.165) is 25.1 Å². The molecule has 1 aromatic rings. The number of nitrogens with zero attached hydrogens (tertiary/aromatic N) is 1. The van der Waals surface area contributed by atoms with Gasteiger partial charge in [0.05, 0.1) is 6.04 Å². The molecule has 0 bridgehead atoms. The summed E-state index contributed by atoms with van der Waals surface area (Å²) in [7, 11) is 1.97. The zero-order valence-corrected chi connectivity index (χ0v) is 12.5. The van der Waals surface area contributed by atoms with E-state index in [2.05, 4.69) is 27.5 Å². The molecule has 1 saturated carbocycles. The monoisotopic (exact) mass is 278 g/mol. The first kappa shape index (κ1) is 15.0. The number of aromatic nitrogens is 2. The quantitative estimate of drug-likeness (QED) is 0.747. The summed E-state index contributed by atoms with van der Waals surface area (Å²) in [6, 6.07) is -0.0185. The first-order valence-electron chi connectivity index (χ1n) is 7.66. The molecule has 20 heavy (non-hydrogen) atoms. The Morgan fingerprint density at radius 1 is 1.45 bits per heavy atom. The van der Waals surface area contributed by atoms with Crippen molar-refractivity contribution in [3.63, 3.8) is 0 Å². The normalized spacial score (nSPS) is 19.5. The summed E-state index contributed by atoms with van der Waals surface area (Å²) in [6.45, 7) is 2.06. The number of hydrogen-bond donors (Lipinski definition) is 3. The van der Waals surface area contributed by atoms with E-state index >= 15 is 0 Å². The van der Waals surface area contributed by atoms with Crippen molar-refractivity contribution in [1.82, 2.24) is 20.6 Å². The van der Waals surface area contributed by atoms with Crippen LogP contribution in [0.2, 0.25) is 0 Å². The van der Waals surface area contributed by atoms with E-state index in [1.54, 1.807) is 12.4 Å². The summed E-state index contributed by atoms with van der Waals surface area (Å²) in [5.74, 6) is 0.951. The molecule has 1 fully saturated rings. The van der Waals surface area contributed by atoms with Crippen LogP contribution in [0.25, 0.3) is 0 Å². The molecule has 5 nitrogen and oxygen atoms in total. The second kappa shape index (κ2) is 6.88. The molecule has 0 aliphatic heterocycles. The molecule has 0 radical (unpaired) electrons. The molecular formula is C15H26N4O. The molecule has 0 saturated heterocycles. The molecule has 112 valence electrons. The first-order valence-corrected chi connectivity index (χ1v) is 7.66. The average Bonchev–Trinajstić information content (AvgIpc) is 3.00. The summed E-state index contributed by atoms with van der Waals surface area (Å²) in [4.78, 5) is 19.7. The van der Waals surface area contributed by atoms with Crippen LogP contribution < -0.4 is 10.6 Å². The summed E-state index contributed by atoms with van der Waals surface area (Å²) in [6.07, 6.45) is 10.8. The van der Waals surface area contributed by atoms with Gasteiger partial charge in [-0.1, -0.05) is 26.2 Å². The zero-order valence-electron chi connectivity index (χ0n) is 12.5. The van der Waals surface area contributed by atoms with E-state index in [9.17, 15) is 4.79 Å². The predicted molar refractivity (Wildman–Crippen MR) is 79.3 cm³/mol. The van der Waals surface area contributed by atoms with Gasteiger partial charge in [0.25, 0.3) is 0 Å². The molecule has 1 aliphatic rings. The number of aromatic amines is 1. The van der Waals surface area contributed by atoms with Crippen molar-refractivity contribution >= 4 is 5.91 Å². The van der Waals surface area contributed by atoms with Gasteiger partial charge >= 0.3 is 0 Å². The van der Waals surface area contributed by atoms with Crippen LogP contribution in [-0.4, -0.2) is 28.5 Å². The zero-order chi connectivity index (χ0) is 14.4. The maximum atomic E-state index is 12.3. The van der Waals surface area contributed by atoms with E-state index in [-0.39, 0.29) is 17.5 Å². The number of H-pyrrole nitrogens is 1. The van der Waals surface area contributed by atoms with Crippen LogP contribution >= 0.6 is 0 Å². The van der Waals surface area contributed by atoms with Crippen molar-refractivity contribution in [1.29, 1.82) is 0 Å². The fourth-order valence-electron chi connectivity index (χ4n) is 3.13. The van der Waals surface area contributed by atoms with Crippen molar-refractivity contribution in [2.75, 3.05) is 7.05 Å². The van der Waals surface area contributed by atoms with E-state index in [0.29, 0.717) is 6.42 Å². The highest BCUT2D eigenvalue weighted by Crippen LogP contribution is 2.30. The smallest absolute Gasteiger partial charge is 0.222 e. The number of imidazole rings is 1. The maximum absolute atomic E-state index is 12.3. The lowest BCUT2D eigenvalue weighted by Gasteiger charge is -2.37. The van der Waals surface area contributed by atoms with Gasteiger partial charge in [0.2, 0.25) is 5.91 Å². The van der Waals surface area contributed by atoms with Gasteiger partial charge in [-0.2, -0.15) is 0 Å². The van der Waals surface area contributed by atoms with Crippen molar-refractivity contribution < 1.29 is 4.79 Å². The molecule has 0 aromatic carbocycles. The Morgan fingerprint density at radius 2 is 2.20 bits per heavy atom. The summed E-state index contributed by atoms with van der Waals surface area (Å²) >= 11 is 0. The molecule has 1 unspecified atom stereocenters. The third-order valence-corrected chi connectivity index (χ3v) is 4.43. The Balaban J connectivity index is 1.93. The molecular weight excluding hydrogens is 252 g/mol. The summed E-state index contributed by atoms with van der Waals surface area (Å²) < 4.78 is 0. The molecule has 2 rings (SSSR count). The van der Waals surface area contributed by atoms with Crippen LogP contribution in [0.4, 0.5) is 0 Å². The molecule has 1 amide bonds. The van der Waals surface area contributed by atoms with Gasteiger partial charge in [0.1, 0.15) is 5.82 Å². The molecule has 1 heterocycles. The van der Waals surface area contributed by atoms with E-state index in [1.807, 2.05) is 7.05 Å². The SMILES string of the molecule is CCC(NC(=O)CC1(NC)CCCCC1)c1ncc[nH]1. The van der Waals surface area contributed by atoms with Crippen molar-refractivity contribution in [2.24, 2.45) is 0 Å². The lowest BCUT2D eigenvalue weighted by molar-refractivity contribution is -0.123. The molecule has 1 atom stereocenters. The third kappa shape index (κ3) is 3.60. The Labute approximate surface area is 120 Å². The van der Waals surface area contributed by atoms with Crippen LogP contribution in [0.5, 0.6) is 0 Å². The average molecular weight is 278 g/mol. The van der Waals surface area contributed by atoms with Gasteiger partial charge in [-0.15, -0.1) is 0 Å². The highest BCUT2D eigenvalue weighted by molar-refractivity contribution is 5.77. The molecule has 5 heteroatoms. The largest absolute Gasteiger partial charge is 0.347 e. The van der Waals surface area contributed by atoms with Gasteiger partial charge in [0.15, 0.2) is 0 Å². The summed E-state index contributed by atoms with van der Waals surface area (Å²) in [5.41, 5.74) is -0.0101. The second-order valence-electron chi connectivity index (χ2n) is 5.77. The van der Waals surface area contributed by atoms with Gasteiger partial charge in [-0.25, -0.2) is 4.98 Å². The fourth-order valence-corrected chi connectivity index (χ4v) is 3.13. The minimum atomic E-state index is -0.0185. The van der Waals surface area contributed by atoms with Gasteiger partial charge in [-0.05, 0) is 26.3 Å². The van der Waals surface area contributed by atoms with Crippen molar-refractivity contribution in [3.05, 3.63) is 18.2 Å². The van der Waals surface area contributed by atoms with Crippen LogP contribution in [0, 0.1) is 0 Å². The number of carbonyl (C=O) groups is 1. The van der Waals surface area contributed by atoms with Gasteiger partial charge < -0.3 is 15.6 Å². The van der Waals surface area contributed by atoms with E-state index in [4.69, 9.17) is 0 Å². The highest BCUT2D eigenvalue weighted by atomic mass is 16.1. The maximum Gasteiger partial charge on any atom is 0.222 e. The lowest BCUT2D eigenvalue weighted by atomic mass is 9.79. The van der Waals surface area contributed by atoms with Crippen LogP contribution in [0.1, 0.15) is 63.7 Å². The molecule has 1 aliphatic carbocycles. The third-order valence-electron chi connectivity index (χ3n) is 4.43. The Kier molecular flexibility index (Phi) is 5.17. The van der Waals surface area contributed by atoms with Crippen molar-refractivity contribution in [3.8, 4) is 0 Å². The highest BCUT2D eigenvalue weighted by Gasteiger charge is 2.33. The van der Waals surface area contributed by atoms with E-state index in [1.165, 1.54) is 19.3 Å². The second-order valence-corrected chi connectivity index (χ2v) is 5.77. The standard InChI is InChI=1S/C15H26N4O/c1-3-12(14-17-9-10-18-14)19-13(20)11-15(16-2)7-5-4-6-8-15/h9-10,12,16H,3-8,11H2,1-2H3,(H,17,18)(H,19,20). The number of amides is 1. The number of carbonyl (C=O) groups excluding carboxylic acids is 1. The number of rotatable bonds is 6. The van der Waals surface area contributed by atoms with Crippen molar-refractivity contribution in [2.45, 2.75) is 63.5 Å². The van der Waals surface area contributed by atoms with Gasteiger partial charge in [0, 0.05) is 24.4 Å². The van der Waals surface area contributed by atoms with Crippen LogP contribution in [0.3, 0.4) is 0 Å². The summed E-state index contributed by atoms with van der Waals surface area (Å²) in [5, 5.41) is 6.49. The Bertz CT molecular complexity index is 410. The molecule has 3 N–H and O–H groups in total. The molecule has 0 spiro atoms. The van der Waals surface area contributed by atoms with Crippen LogP contribution in [-0.2, 0) is 4.79 Å². The minimum absolute atomic E-state index is 0.0101. The van der Waals surface area contributed by atoms with Gasteiger partial charge in [-0.3, -0.25) is 4.79 Å². The topological polar surface area (TPSA) is 69.8 Å². The fraction of sp³-hybridized carbons (Fsp3) is 0.733. The lowest BCUT2D eigenvalue weighted by Crippen LogP contribution is -2.48. The number of hydrogen-bond acceptors (Lipinski definition) is 3. The predicted octanol–water partition coefficient (Wildman–Crippen LogP) is 2.29. The van der Waals surface area contributed by atoms with Crippen LogP contribution in [0.15, 0.2) is 12.4 Å². The Hall–Kier alpha value is -1.36. The first-order chi connectivity index (χ1) is 9.69. The number of nitrogens with one attached hydrogen (secondary N) is 3. The van der Waals surface area contributed by atoms with E-state index < -0.39 is 0 Å².